The van der Waals surface area contributed by atoms with Gasteiger partial charge in [-0.3, -0.25) is 0 Å². The van der Waals surface area contributed by atoms with Gasteiger partial charge in [-0.05, 0) is 17.7 Å². The van der Waals surface area contributed by atoms with Crippen molar-refractivity contribution in [2.75, 3.05) is 7.11 Å². The zero-order chi connectivity index (χ0) is 16.3. The lowest BCUT2D eigenvalue weighted by Crippen LogP contribution is -2.08. The molecule has 0 spiro atoms. The van der Waals surface area contributed by atoms with E-state index in [1.165, 1.54) is 20.2 Å². The maximum atomic E-state index is 12.8. The van der Waals surface area contributed by atoms with Crippen molar-refractivity contribution >= 4 is 0 Å². The molecule has 2 rings (SSSR count). The average molecular weight is 311 g/mol. The molecular weight excluding hydrogens is 299 g/mol. The standard InChI is InChI=1S/C14H12F3N3O2/c1-20-13(11(7-18)12(19-20)14(15,16)17)22-8-9-3-5-10(21-2)6-4-9/h3-6H,8H2,1-2H3. The Hall–Kier alpha value is -2.69. The Bertz CT molecular complexity index is 700. The van der Waals surface area contributed by atoms with Crippen LogP contribution in [0.2, 0.25) is 0 Å². The number of nitriles is 1. The van der Waals surface area contributed by atoms with Crippen molar-refractivity contribution in [3.8, 4) is 17.7 Å². The van der Waals surface area contributed by atoms with Gasteiger partial charge in [-0.1, -0.05) is 12.1 Å². The molecule has 0 saturated heterocycles. The van der Waals surface area contributed by atoms with Crippen molar-refractivity contribution in [1.29, 1.82) is 5.26 Å². The van der Waals surface area contributed by atoms with Crippen LogP contribution in [0.1, 0.15) is 16.8 Å². The summed E-state index contributed by atoms with van der Waals surface area (Å²) in [5, 5.41) is 12.3. The van der Waals surface area contributed by atoms with Crippen LogP contribution in [0.4, 0.5) is 13.2 Å². The summed E-state index contributed by atoms with van der Waals surface area (Å²) in [5.74, 6) is 0.437. The van der Waals surface area contributed by atoms with Gasteiger partial charge in [-0.15, -0.1) is 0 Å². The number of rotatable bonds is 4. The van der Waals surface area contributed by atoms with E-state index < -0.39 is 17.4 Å². The molecule has 0 amide bonds. The summed E-state index contributed by atoms with van der Waals surface area (Å²) in [6, 6.07) is 8.33. The molecule has 0 bridgehead atoms. The number of nitrogens with zero attached hydrogens (tertiary/aromatic N) is 3. The van der Waals surface area contributed by atoms with Crippen LogP contribution < -0.4 is 9.47 Å². The smallest absolute Gasteiger partial charge is 0.436 e. The molecule has 116 valence electrons. The highest BCUT2D eigenvalue weighted by Crippen LogP contribution is 2.35. The van der Waals surface area contributed by atoms with Gasteiger partial charge in [0.2, 0.25) is 5.88 Å². The van der Waals surface area contributed by atoms with Crippen LogP contribution in [0.5, 0.6) is 11.6 Å². The van der Waals surface area contributed by atoms with Crippen LogP contribution in [-0.2, 0) is 19.8 Å². The first-order chi connectivity index (χ1) is 10.4. The first-order valence-electron chi connectivity index (χ1n) is 6.17. The summed E-state index contributed by atoms with van der Waals surface area (Å²) in [7, 11) is 2.82. The number of ether oxygens (including phenoxy) is 2. The Morgan fingerprint density at radius 2 is 1.91 bits per heavy atom. The normalized spacial score (nSPS) is 11.1. The highest BCUT2D eigenvalue weighted by Gasteiger charge is 2.39. The van der Waals surface area contributed by atoms with Gasteiger partial charge < -0.3 is 9.47 Å². The Balaban J connectivity index is 2.22. The number of aromatic nitrogens is 2. The molecule has 0 aliphatic heterocycles. The van der Waals surface area contributed by atoms with E-state index in [-0.39, 0.29) is 12.5 Å². The Kier molecular flexibility index (Phi) is 4.26. The monoisotopic (exact) mass is 311 g/mol. The Morgan fingerprint density at radius 3 is 2.41 bits per heavy atom. The molecule has 5 nitrogen and oxygen atoms in total. The highest BCUT2D eigenvalue weighted by molar-refractivity contribution is 5.44. The molecule has 0 N–H and O–H groups in total. The lowest BCUT2D eigenvalue weighted by atomic mass is 10.2. The highest BCUT2D eigenvalue weighted by atomic mass is 19.4. The fraction of sp³-hybridized carbons (Fsp3) is 0.286. The van der Waals surface area contributed by atoms with E-state index in [0.717, 1.165) is 10.2 Å². The van der Waals surface area contributed by atoms with E-state index in [4.69, 9.17) is 14.7 Å². The lowest BCUT2D eigenvalue weighted by Gasteiger charge is -2.07. The SMILES string of the molecule is COc1ccc(COc2c(C#N)c(C(F)(F)F)nn2C)cc1. The van der Waals surface area contributed by atoms with E-state index in [0.29, 0.717) is 5.75 Å². The zero-order valence-corrected chi connectivity index (χ0v) is 11.8. The van der Waals surface area contributed by atoms with Crippen LogP contribution in [0.3, 0.4) is 0 Å². The molecule has 2 aromatic rings. The van der Waals surface area contributed by atoms with Gasteiger partial charge in [0.25, 0.3) is 0 Å². The van der Waals surface area contributed by atoms with E-state index in [1.54, 1.807) is 24.3 Å². The summed E-state index contributed by atoms with van der Waals surface area (Å²) >= 11 is 0. The zero-order valence-electron chi connectivity index (χ0n) is 11.8. The third kappa shape index (κ3) is 3.14. The van der Waals surface area contributed by atoms with E-state index >= 15 is 0 Å². The third-order valence-corrected chi connectivity index (χ3v) is 2.91. The molecule has 1 aromatic heterocycles. The predicted octanol–water partition coefficient (Wildman–Crippen LogP) is 2.90. The van der Waals surface area contributed by atoms with E-state index in [9.17, 15) is 13.2 Å². The molecular formula is C14H12F3N3O2. The number of alkyl halides is 3. The number of benzene rings is 1. The largest absolute Gasteiger partial charge is 0.497 e. The van der Waals surface area contributed by atoms with Crippen molar-refractivity contribution in [2.45, 2.75) is 12.8 Å². The molecule has 0 unspecified atom stereocenters. The minimum atomic E-state index is -4.70. The number of aryl methyl sites for hydroxylation is 1. The fourth-order valence-corrected chi connectivity index (χ4v) is 1.85. The Labute approximate surface area is 124 Å². The second-order valence-corrected chi connectivity index (χ2v) is 4.40. The molecule has 1 aromatic carbocycles. The van der Waals surface area contributed by atoms with E-state index in [2.05, 4.69) is 5.10 Å². The summed E-state index contributed by atoms with van der Waals surface area (Å²) < 4.78 is 49.6. The summed E-state index contributed by atoms with van der Waals surface area (Å²) in [6.07, 6.45) is -4.70. The minimum absolute atomic E-state index is 0.00943. The molecule has 1 heterocycles. The van der Waals surface area contributed by atoms with Crippen molar-refractivity contribution in [1.82, 2.24) is 9.78 Å². The summed E-state index contributed by atoms with van der Waals surface area (Å²) in [5.41, 5.74) is -1.15. The van der Waals surface area contributed by atoms with Gasteiger partial charge in [-0.25, -0.2) is 4.68 Å². The summed E-state index contributed by atoms with van der Waals surface area (Å²) in [6.45, 7) is 0.00943. The van der Waals surface area contributed by atoms with Gasteiger partial charge in [0.1, 0.15) is 24.0 Å². The lowest BCUT2D eigenvalue weighted by molar-refractivity contribution is -0.141. The van der Waals surface area contributed by atoms with Crippen molar-refractivity contribution in [3.05, 3.63) is 41.1 Å². The molecule has 0 saturated carbocycles. The predicted molar refractivity (Wildman–Crippen MR) is 70.3 cm³/mol. The van der Waals surface area contributed by atoms with Gasteiger partial charge in [0.15, 0.2) is 5.69 Å². The number of methoxy groups -OCH3 is 1. The van der Waals surface area contributed by atoms with Gasteiger partial charge in [-0.2, -0.15) is 23.5 Å². The molecule has 0 atom stereocenters. The van der Waals surface area contributed by atoms with Crippen molar-refractivity contribution in [3.63, 3.8) is 0 Å². The second-order valence-electron chi connectivity index (χ2n) is 4.40. The molecule has 0 aliphatic rings. The van der Waals surface area contributed by atoms with Crippen molar-refractivity contribution < 1.29 is 22.6 Å². The minimum Gasteiger partial charge on any atom is -0.497 e. The van der Waals surface area contributed by atoms with Crippen LogP contribution in [0.25, 0.3) is 0 Å². The Morgan fingerprint density at radius 1 is 1.27 bits per heavy atom. The topological polar surface area (TPSA) is 60.1 Å². The average Bonchev–Trinajstić information content (AvgIpc) is 2.82. The summed E-state index contributed by atoms with van der Waals surface area (Å²) in [4.78, 5) is 0. The molecule has 0 fully saturated rings. The van der Waals surface area contributed by atoms with Crippen LogP contribution in [0, 0.1) is 11.3 Å². The van der Waals surface area contributed by atoms with Crippen molar-refractivity contribution in [2.24, 2.45) is 7.05 Å². The molecule has 0 radical (unpaired) electrons. The number of hydrogen-bond acceptors (Lipinski definition) is 4. The maximum Gasteiger partial charge on any atom is 0.436 e. The first-order valence-corrected chi connectivity index (χ1v) is 6.17. The second kappa shape index (κ2) is 5.97. The van der Waals surface area contributed by atoms with Crippen LogP contribution >= 0.6 is 0 Å². The van der Waals surface area contributed by atoms with Crippen LogP contribution in [0.15, 0.2) is 24.3 Å². The molecule has 0 aliphatic carbocycles. The first kappa shape index (κ1) is 15.7. The quantitative estimate of drug-likeness (QED) is 0.871. The number of halogens is 3. The third-order valence-electron chi connectivity index (χ3n) is 2.91. The molecule has 8 heteroatoms. The van der Waals surface area contributed by atoms with Gasteiger partial charge >= 0.3 is 6.18 Å². The maximum absolute atomic E-state index is 12.8. The van der Waals surface area contributed by atoms with Gasteiger partial charge in [0, 0.05) is 7.05 Å². The van der Waals surface area contributed by atoms with Crippen LogP contribution in [-0.4, -0.2) is 16.9 Å². The fourth-order valence-electron chi connectivity index (χ4n) is 1.85. The van der Waals surface area contributed by atoms with E-state index in [1.807, 2.05) is 0 Å². The number of hydrogen-bond donors (Lipinski definition) is 0. The molecule has 22 heavy (non-hydrogen) atoms. The van der Waals surface area contributed by atoms with Gasteiger partial charge in [0.05, 0.1) is 7.11 Å².